The number of aryl methyl sites for hydroxylation is 1. The van der Waals surface area contributed by atoms with Gasteiger partial charge in [-0.3, -0.25) is 0 Å². The molecule has 2 aliphatic carbocycles. The van der Waals surface area contributed by atoms with Gasteiger partial charge in [0.15, 0.2) is 0 Å². The molecule has 0 amide bonds. The van der Waals surface area contributed by atoms with Crippen molar-refractivity contribution in [1.82, 2.24) is 0 Å². The second-order valence-corrected chi connectivity index (χ2v) is 10.3. The van der Waals surface area contributed by atoms with Gasteiger partial charge in [0.1, 0.15) is 0 Å². The average molecular weight is 455 g/mol. The second kappa shape index (κ2) is 12.5. The average Bonchev–Trinajstić information content (AvgIpc) is 3.31. The Labute approximate surface area is 199 Å². The number of aliphatic hydroxyl groups excluding tert-OH is 2. The molecule has 0 aliphatic heterocycles. The van der Waals surface area contributed by atoms with E-state index in [4.69, 9.17) is 0 Å². The number of aromatic carboxylic acids is 1. The molecular formula is C29H42O4. The molecule has 0 radical (unpaired) electrons. The first-order valence-corrected chi connectivity index (χ1v) is 13.0. The third-order valence-electron chi connectivity index (χ3n) is 7.77. The van der Waals surface area contributed by atoms with Crippen molar-refractivity contribution in [2.75, 3.05) is 0 Å². The summed E-state index contributed by atoms with van der Waals surface area (Å²) in [7, 11) is 0. The molecule has 2 aliphatic rings. The number of carboxylic acid groups (broad SMARTS) is 1. The molecule has 0 bridgehead atoms. The minimum atomic E-state index is -0.845. The molecule has 1 fully saturated rings. The van der Waals surface area contributed by atoms with E-state index in [0.29, 0.717) is 17.4 Å². The van der Waals surface area contributed by atoms with E-state index in [1.807, 2.05) is 18.2 Å². The zero-order valence-corrected chi connectivity index (χ0v) is 20.3. The van der Waals surface area contributed by atoms with E-state index in [-0.39, 0.29) is 17.9 Å². The molecular weight excluding hydrogens is 412 g/mol. The topological polar surface area (TPSA) is 77.8 Å². The van der Waals surface area contributed by atoms with E-state index in [2.05, 4.69) is 26.0 Å². The van der Waals surface area contributed by atoms with Gasteiger partial charge in [-0.25, -0.2) is 4.79 Å². The van der Waals surface area contributed by atoms with Crippen LogP contribution in [0.3, 0.4) is 0 Å². The highest BCUT2D eigenvalue weighted by Gasteiger charge is 2.43. The number of carboxylic acids is 1. The lowest BCUT2D eigenvalue weighted by Crippen LogP contribution is -2.20. The van der Waals surface area contributed by atoms with Crippen LogP contribution in [-0.4, -0.2) is 33.5 Å². The normalized spacial score (nSPS) is 26.4. The smallest absolute Gasteiger partial charge is 0.335 e. The summed E-state index contributed by atoms with van der Waals surface area (Å²) in [5.41, 5.74) is 2.86. The van der Waals surface area contributed by atoms with Crippen LogP contribution in [0.2, 0.25) is 0 Å². The van der Waals surface area contributed by atoms with Crippen LogP contribution in [0.5, 0.6) is 0 Å². The molecule has 33 heavy (non-hydrogen) atoms. The maximum Gasteiger partial charge on any atom is 0.335 e. The van der Waals surface area contributed by atoms with Crippen molar-refractivity contribution < 1.29 is 20.1 Å². The van der Waals surface area contributed by atoms with Gasteiger partial charge in [0.25, 0.3) is 0 Å². The maximum atomic E-state index is 11.3. The van der Waals surface area contributed by atoms with Gasteiger partial charge in [0, 0.05) is 5.92 Å². The van der Waals surface area contributed by atoms with Crippen molar-refractivity contribution in [2.45, 2.75) is 90.3 Å². The molecule has 182 valence electrons. The molecule has 0 heterocycles. The van der Waals surface area contributed by atoms with Crippen LogP contribution in [0.1, 0.15) is 87.6 Å². The Kier molecular flexibility index (Phi) is 9.76. The third-order valence-corrected chi connectivity index (χ3v) is 7.77. The SMILES string of the molecule is CCCCC(C)[C@H](O)C=C[C@H]1[C@H]2CC(CCCCCc3ccccc3C(=O)O)=C[C@H]2C[C@H]1O. The number of allylic oxidation sites excluding steroid dienone is 2. The summed E-state index contributed by atoms with van der Waals surface area (Å²) in [4.78, 5) is 11.3. The van der Waals surface area contributed by atoms with E-state index in [1.54, 1.807) is 12.1 Å². The highest BCUT2D eigenvalue weighted by Crippen LogP contribution is 2.48. The van der Waals surface area contributed by atoms with Crippen molar-refractivity contribution >= 4 is 5.97 Å². The molecule has 1 unspecified atom stereocenters. The van der Waals surface area contributed by atoms with Gasteiger partial charge in [0.05, 0.1) is 17.8 Å². The first-order valence-electron chi connectivity index (χ1n) is 13.0. The zero-order valence-electron chi connectivity index (χ0n) is 20.3. The number of benzene rings is 1. The highest BCUT2D eigenvalue weighted by molar-refractivity contribution is 5.89. The number of fused-ring (bicyclic) bond motifs is 1. The Morgan fingerprint density at radius 2 is 1.91 bits per heavy atom. The predicted octanol–water partition coefficient (Wildman–Crippen LogP) is 6.17. The Bertz CT molecular complexity index is 827. The predicted molar refractivity (Wildman–Crippen MR) is 133 cm³/mol. The Balaban J connectivity index is 1.42. The molecule has 1 saturated carbocycles. The highest BCUT2D eigenvalue weighted by atomic mass is 16.4. The molecule has 3 rings (SSSR count). The Morgan fingerprint density at radius 1 is 1.15 bits per heavy atom. The molecule has 0 spiro atoms. The van der Waals surface area contributed by atoms with E-state index in [9.17, 15) is 20.1 Å². The van der Waals surface area contributed by atoms with Gasteiger partial charge in [0.2, 0.25) is 0 Å². The van der Waals surface area contributed by atoms with Gasteiger partial charge in [-0.05, 0) is 74.3 Å². The summed E-state index contributed by atoms with van der Waals surface area (Å²) in [5, 5.41) is 30.4. The van der Waals surface area contributed by atoms with E-state index >= 15 is 0 Å². The number of hydrogen-bond donors (Lipinski definition) is 3. The van der Waals surface area contributed by atoms with E-state index in [1.165, 1.54) is 5.57 Å². The van der Waals surface area contributed by atoms with E-state index < -0.39 is 12.1 Å². The molecule has 3 N–H and O–H groups in total. The van der Waals surface area contributed by atoms with Crippen LogP contribution in [0.4, 0.5) is 0 Å². The minimum Gasteiger partial charge on any atom is -0.478 e. The van der Waals surface area contributed by atoms with Crippen molar-refractivity contribution in [3.8, 4) is 0 Å². The standard InChI is InChI=1S/C29H42O4/c1-3-4-10-20(2)27(30)16-15-25-26-18-21(17-23(26)19-28(25)31)11-6-5-7-12-22-13-8-9-14-24(22)29(32)33/h8-9,13-17,20,23,25-28,30-31H,3-7,10-12,18-19H2,1-2H3,(H,32,33)/t20?,23-,25-,26-,27+,28+/m0/s1. The number of unbranched alkanes of at least 4 members (excludes halogenated alkanes) is 3. The fraction of sp³-hybridized carbons (Fsp3) is 0.621. The summed E-state index contributed by atoms with van der Waals surface area (Å²) < 4.78 is 0. The van der Waals surface area contributed by atoms with Crippen LogP contribution in [0.15, 0.2) is 48.1 Å². The minimum absolute atomic E-state index is 0.143. The number of hydrogen-bond acceptors (Lipinski definition) is 3. The van der Waals surface area contributed by atoms with Gasteiger partial charge in [-0.15, -0.1) is 0 Å². The lowest BCUT2D eigenvalue weighted by molar-refractivity contribution is 0.0695. The van der Waals surface area contributed by atoms with Gasteiger partial charge >= 0.3 is 5.97 Å². The van der Waals surface area contributed by atoms with E-state index in [0.717, 1.165) is 69.8 Å². The summed E-state index contributed by atoms with van der Waals surface area (Å²) in [5.74, 6) is 0.482. The summed E-state index contributed by atoms with van der Waals surface area (Å²) in [6.07, 6.45) is 16.0. The van der Waals surface area contributed by atoms with Gasteiger partial charge < -0.3 is 15.3 Å². The first-order chi connectivity index (χ1) is 15.9. The number of rotatable bonds is 13. The quantitative estimate of drug-likeness (QED) is 0.246. The van der Waals surface area contributed by atoms with Gasteiger partial charge in [-0.2, -0.15) is 0 Å². The van der Waals surface area contributed by atoms with Crippen LogP contribution in [0.25, 0.3) is 0 Å². The molecule has 0 saturated heterocycles. The number of aliphatic hydroxyl groups is 2. The molecule has 6 atom stereocenters. The molecule has 0 aromatic heterocycles. The lowest BCUT2D eigenvalue weighted by atomic mass is 9.87. The van der Waals surface area contributed by atoms with Crippen molar-refractivity contribution in [1.29, 1.82) is 0 Å². The largest absolute Gasteiger partial charge is 0.478 e. The van der Waals surface area contributed by atoms with Crippen LogP contribution in [-0.2, 0) is 6.42 Å². The van der Waals surface area contributed by atoms with Gasteiger partial charge in [-0.1, -0.05) is 75.1 Å². The molecule has 4 nitrogen and oxygen atoms in total. The summed E-state index contributed by atoms with van der Waals surface area (Å²) >= 11 is 0. The number of carbonyl (C=O) groups is 1. The fourth-order valence-electron chi connectivity index (χ4n) is 5.71. The van der Waals surface area contributed by atoms with Crippen LogP contribution < -0.4 is 0 Å². The summed E-state index contributed by atoms with van der Waals surface area (Å²) in [6.45, 7) is 4.28. The first kappa shape index (κ1) is 25.7. The maximum absolute atomic E-state index is 11.3. The van der Waals surface area contributed by atoms with Crippen LogP contribution >= 0.6 is 0 Å². The van der Waals surface area contributed by atoms with Crippen molar-refractivity contribution in [3.05, 3.63) is 59.2 Å². The summed E-state index contributed by atoms with van der Waals surface area (Å²) in [6, 6.07) is 7.30. The monoisotopic (exact) mass is 454 g/mol. The van der Waals surface area contributed by atoms with Crippen LogP contribution in [0, 0.1) is 23.7 Å². The van der Waals surface area contributed by atoms with Crippen molar-refractivity contribution in [3.63, 3.8) is 0 Å². The molecule has 1 aromatic rings. The Morgan fingerprint density at radius 3 is 2.67 bits per heavy atom. The third kappa shape index (κ3) is 7.04. The molecule has 1 aromatic carbocycles. The zero-order chi connectivity index (χ0) is 23.8. The Hall–Kier alpha value is -1.91. The molecule has 4 heteroatoms. The second-order valence-electron chi connectivity index (χ2n) is 10.3. The lowest BCUT2D eigenvalue weighted by Gasteiger charge is -2.20. The fourth-order valence-corrected chi connectivity index (χ4v) is 5.71. The van der Waals surface area contributed by atoms with Crippen molar-refractivity contribution in [2.24, 2.45) is 23.7 Å².